The summed E-state index contributed by atoms with van der Waals surface area (Å²) in [4.78, 5) is 4.56. The Bertz CT molecular complexity index is 735. The maximum absolute atomic E-state index is 4.56. The molecule has 0 unspecified atom stereocenters. The molecule has 104 valence electrons. The fourth-order valence-corrected chi connectivity index (χ4v) is 2.63. The van der Waals surface area contributed by atoms with Crippen LogP contribution in [0.5, 0.6) is 0 Å². The number of hydrogen-bond acceptors (Lipinski definition) is 5. The van der Waals surface area contributed by atoms with Crippen LogP contribution in [0.1, 0.15) is 0 Å². The van der Waals surface area contributed by atoms with Crippen LogP contribution in [-0.2, 0) is 0 Å². The molecule has 4 nitrogen and oxygen atoms in total. The molecule has 5 heteroatoms. The number of nitrogens with zero attached hydrogens (tertiary/aromatic N) is 3. The number of anilines is 1. The first-order valence-corrected chi connectivity index (χ1v) is 7.39. The SMILES string of the molecule is CNc1nc(-c2ccccc2)c(N=Nc2ccccc2)s1. The van der Waals surface area contributed by atoms with E-state index in [-0.39, 0.29) is 0 Å². The van der Waals surface area contributed by atoms with Crippen LogP contribution in [0.4, 0.5) is 15.8 Å². The second-order valence-electron chi connectivity index (χ2n) is 4.32. The fourth-order valence-electron chi connectivity index (χ4n) is 1.87. The van der Waals surface area contributed by atoms with E-state index in [1.54, 1.807) is 0 Å². The van der Waals surface area contributed by atoms with Crippen molar-refractivity contribution in [2.24, 2.45) is 10.2 Å². The number of rotatable bonds is 4. The van der Waals surface area contributed by atoms with Crippen molar-refractivity contribution in [2.45, 2.75) is 0 Å². The molecule has 0 radical (unpaired) electrons. The number of thiazole rings is 1. The van der Waals surface area contributed by atoms with Gasteiger partial charge in [0.25, 0.3) is 0 Å². The quantitative estimate of drug-likeness (QED) is 0.666. The van der Waals surface area contributed by atoms with Crippen LogP contribution in [0.3, 0.4) is 0 Å². The first-order chi connectivity index (χ1) is 10.4. The van der Waals surface area contributed by atoms with E-state index in [0.29, 0.717) is 0 Å². The van der Waals surface area contributed by atoms with Crippen LogP contribution in [0, 0.1) is 0 Å². The van der Waals surface area contributed by atoms with Gasteiger partial charge < -0.3 is 5.32 Å². The van der Waals surface area contributed by atoms with Crippen molar-refractivity contribution in [3.8, 4) is 11.3 Å². The number of hydrogen-bond donors (Lipinski definition) is 1. The average molecular weight is 294 g/mol. The summed E-state index contributed by atoms with van der Waals surface area (Å²) in [6.07, 6.45) is 0. The molecule has 1 heterocycles. The highest BCUT2D eigenvalue weighted by Gasteiger charge is 2.12. The van der Waals surface area contributed by atoms with Gasteiger partial charge in [0.05, 0.1) is 5.69 Å². The van der Waals surface area contributed by atoms with Crippen molar-refractivity contribution in [3.63, 3.8) is 0 Å². The minimum absolute atomic E-state index is 0.800. The molecule has 3 aromatic rings. The summed E-state index contributed by atoms with van der Waals surface area (Å²) < 4.78 is 0. The molecule has 0 aliphatic heterocycles. The summed E-state index contributed by atoms with van der Waals surface area (Å²) >= 11 is 1.49. The number of nitrogens with one attached hydrogen (secondary N) is 1. The predicted octanol–water partition coefficient (Wildman–Crippen LogP) is 5.27. The lowest BCUT2D eigenvalue weighted by molar-refractivity contribution is 1.24. The smallest absolute Gasteiger partial charge is 0.185 e. The zero-order chi connectivity index (χ0) is 14.5. The molecule has 2 aromatic carbocycles. The number of benzene rings is 2. The van der Waals surface area contributed by atoms with Gasteiger partial charge in [0.1, 0.15) is 5.69 Å². The molecule has 3 rings (SSSR count). The maximum atomic E-state index is 4.56. The van der Waals surface area contributed by atoms with Gasteiger partial charge in [-0.1, -0.05) is 59.9 Å². The highest BCUT2D eigenvalue weighted by molar-refractivity contribution is 7.19. The molecule has 0 bridgehead atoms. The molecule has 0 saturated carbocycles. The third-order valence-electron chi connectivity index (χ3n) is 2.88. The van der Waals surface area contributed by atoms with Crippen LogP contribution in [0.2, 0.25) is 0 Å². The van der Waals surface area contributed by atoms with Crippen molar-refractivity contribution < 1.29 is 0 Å². The Labute approximate surface area is 127 Å². The first-order valence-electron chi connectivity index (χ1n) is 6.57. The van der Waals surface area contributed by atoms with Crippen molar-refractivity contribution in [2.75, 3.05) is 12.4 Å². The van der Waals surface area contributed by atoms with Crippen molar-refractivity contribution in [1.82, 2.24) is 4.98 Å². The van der Waals surface area contributed by atoms with Crippen molar-refractivity contribution in [1.29, 1.82) is 0 Å². The third kappa shape index (κ3) is 3.14. The zero-order valence-corrected chi connectivity index (χ0v) is 12.3. The summed E-state index contributed by atoms with van der Waals surface area (Å²) in [6.45, 7) is 0. The first kappa shape index (κ1) is 13.5. The van der Waals surface area contributed by atoms with E-state index < -0.39 is 0 Å². The van der Waals surface area contributed by atoms with Gasteiger partial charge in [-0.25, -0.2) is 4.98 Å². The van der Waals surface area contributed by atoms with E-state index in [2.05, 4.69) is 20.5 Å². The Balaban J connectivity index is 1.98. The summed E-state index contributed by atoms with van der Waals surface area (Å²) in [6, 6.07) is 19.7. The Morgan fingerprint density at radius 3 is 2.24 bits per heavy atom. The van der Waals surface area contributed by atoms with E-state index in [0.717, 1.165) is 27.1 Å². The molecule has 0 spiro atoms. The molecule has 0 aliphatic carbocycles. The van der Waals surface area contributed by atoms with Gasteiger partial charge in [-0.2, -0.15) is 0 Å². The Morgan fingerprint density at radius 2 is 1.57 bits per heavy atom. The second-order valence-corrected chi connectivity index (χ2v) is 5.30. The molecule has 1 aromatic heterocycles. The van der Waals surface area contributed by atoms with Gasteiger partial charge in [-0.05, 0) is 12.1 Å². The molecule has 1 N–H and O–H groups in total. The monoisotopic (exact) mass is 294 g/mol. The summed E-state index contributed by atoms with van der Waals surface area (Å²) in [7, 11) is 1.85. The second kappa shape index (κ2) is 6.28. The predicted molar refractivity (Wildman–Crippen MR) is 87.7 cm³/mol. The molecular formula is C16H14N4S. The summed E-state index contributed by atoms with van der Waals surface area (Å²) in [5, 5.41) is 13.3. The topological polar surface area (TPSA) is 49.6 Å². The van der Waals surface area contributed by atoms with Crippen LogP contribution in [-0.4, -0.2) is 12.0 Å². The van der Waals surface area contributed by atoms with E-state index in [1.165, 1.54) is 11.3 Å². The number of aromatic nitrogens is 1. The fraction of sp³-hybridized carbons (Fsp3) is 0.0625. The molecular weight excluding hydrogens is 280 g/mol. The Hall–Kier alpha value is -2.53. The summed E-state index contributed by atoms with van der Waals surface area (Å²) in [5.41, 5.74) is 2.72. The van der Waals surface area contributed by atoms with Gasteiger partial charge in [0.15, 0.2) is 10.1 Å². The van der Waals surface area contributed by atoms with E-state index in [1.807, 2.05) is 67.7 Å². The lowest BCUT2D eigenvalue weighted by Gasteiger charge is -1.97. The molecule has 21 heavy (non-hydrogen) atoms. The van der Waals surface area contributed by atoms with E-state index >= 15 is 0 Å². The number of azo groups is 1. The zero-order valence-electron chi connectivity index (χ0n) is 11.5. The molecule has 0 amide bonds. The molecule has 0 saturated heterocycles. The lowest BCUT2D eigenvalue weighted by Crippen LogP contribution is -1.85. The van der Waals surface area contributed by atoms with Crippen LogP contribution in [0.25, 0.3) is 11.3 Å². The van der Waals surface area contributed by atoms with Crippen LogP contribution >= 0.6 is 11.3 Å². The molecule has 0 aliphatic rings. The van der Waals surface area contributed by atoms with Crippen LogP contribution < -0.4 is 5.32 Å². The standard InChI is InChI=1S/C16H14N4S/c1-17-16-18-14(12-8-4-2-5-9-12)15(21-16)20-19-13-10-6-3-7-11-13/h2-11H,1H3,(H,17,18). The minimum Gasteiger partial charge on any atom is -0.365 e. The van der Waals surface area contributed by atoms with Crippen molar-refractivity contribution in [3.05, 3.63) is 60.7 Å². The minimum atomic E-state index is 0.800. The highest BCUT2D eigenvalue weighted by atomic mass is 32.1. The van der Waals surface area contributed by atoms with Crippen molar-refractivity contribution >= 4 is 27.2 Å². The summed E-state index contributed by atoms with van der Waals surface area (Å²) in [5.74, 6) is 0. The normalized spacial score (nSPS) is 10.9. The van der Waals surface area contributed by atoms with Crippen LogP contribution in [0.15, 0.2) is 70.9 Å². The van der Waals surface area contributed by atoms with Gasteiger partial charge in [0, 0.05) is 12.6 Å². The highest BCUT2D eigenvalue weighted by Crippen LogP contribution is 2.38. The van der Waals surface area contributed by atoms with Gasteiger partial charge in [-0.15, -0.1) is 10.2 Å². The Kier molecular flexibility index (Phi) is 4.02. The van der Waals surface area contributed by atoms with Gasteiger partial charge >= 0.3 is 0 Å². The average Bonchev–Trinajstić information content (AvgIpc) is 2.98. The van der Waals surface area contributed by atoms with Gasteiger partial charge in [0.2, 0.25) is 0 Å². The maximum Gasteiger partial charge on any atom is 0.185 e. The Morgan fingerprint density at radius 1 is 0.905 bits per heavy atom. The molecule has 0 fully saturated rings. The largest absolute Gasteiger partial charge is 0.365 e. The van der Waals surface area contributed by atoms with E-state index in [4.69, 9.17) is 0 Å². The molecule has 0 atom stereocenters. The third-order valence-corrected chi connectivity index (χ3v) is 3.84. The van der Waals surface area contributed by atoms with E-state index in [9.17, 15) is 0 Å². The lowest BCUT2D eigenvalue weighted by atomic mass is 10.2. The van der Waals surface area contributed by atoms with Gasteiger partial charge in [-0.3, -0.25) is 0 Å².